The monoisotopic (exact) mass is 218 g/mol. The Kier molecular flexibility index (Phi) is 2.23. The molecule has 0 saturated heterocycles. The van der Waals surface area contributed by atoms with Gasteiger partial charge in [-0.1, -0.05) is 6.07 Å². The highest BCUT2D eigenvalue weighted by Gasteiger charge is 2.21. The summed E-state index contributed by atoms with van der Waals surface area (Å²) >= 11 is 0. The number of aromatic nitrogens is 1. The van der Waals surface area contributed by atoms with E-state index in [1.165, 1.54) is 13.0 Å². The van der Waals surface area contributed by atoms with Gasteiger partial charge < -0.3 is 5.21 Å². The minimum atomic E-state index is -0.539. The van der Waals surface area contributed by atoms with E-state index in [9.17, 15) is 15.3 Å². The average Bonchev–Trinajstić information content (AvgIpc) is 2.23. The molecular formula is C11H10N2O3. The Morgan fingerprint density at radius 2 is 1.94 bits per heavy atom. The first-order valence-electron chi connectivity index (χ1n) is 4.78. The lowest BCUT2D eigenvalue weighted by Gasteiger charge is -2.05. The fourth-order valence-corrected chi connectivity index (χ4v) is 1.67. The van der Waals surface area contributed by atoms with E-state index in [2.05, 4.69) is 0 Å². The molecule has 0 aliphatic carbocycles. The van der Waals surface area contributed by atoms with Crippen molar-refractivity contribution in [2.75, 3.05) is 0 Å². The lowest BCUT2D eigenvalue weighted by molar-refractivity contribution is -0.589. The average molecular weight is 218 g/mol. The summed E-state index contributed by atoms with van der Waals surface area (Å²) in [5.74, 6) is 0. The summed E-state index contributed by atoms with van der Waals surface area (Å²) in [6.07, 6.45) is 0. The summed E-state index contributed by atoms with van der Waals surface area (Å²) in [6.45, 7) is 3.32. The van der Waals surface area contributed by atoms with Crippen molar-refractivity contribution in [3.05, 3.63) is 50.8 Å². The van der Waals surface area contributed by atoms with Gasteiger partial charge in [0.15, 0.2) is 0 Å². The van der Waals surface area contributed by atoms with Crippen LogP contribution in [-0.4, -0.2) is 4.92 Å². The van der Waals surface area contributed by atoms with E-state index in [0.29, 0.717) is 15.6 Å². The molecule has 0 bridgehead atoms. The van der Waals surface area contributed by atoms with Crippen LogP contribution >= 0.6 is 0 Å². The highest BCUT2D eigenvalue weighted by Crippen LogP contribution is 2.21. The first kappa shape index (κ1) is 10.4. The molecule has 16 heavy (non-hydrogen) atoms. The van der Waals surface area contributed by atoms with Crippen LogP contribution in [-0.2, 0) is 0 Å². The Morgan fingerprint density at radius 3 is 2.56 bits per heavy atom. The van der Waals surface area contributed by atoms with E-state index in [1.807, 2.05) is 13.0 Å². The predicted molar refractivity (Wildman–Crippen MR) is 59.0 cm³/mol. The van der Waals surface area contributed by atoms with Crippen LogP contribution in [0.25, 0.3) is 10.9 Å². The second kappa shape index (κ2) is 3.44. The molecule has 0 aliphatic rings. The van der Waals surface area contributed by atoms with E-state index in [4.69, 9.17) is 0 Å². The molecule has 1 aromatic carbocycles. The number of nitro groups is 1. The van der Waals surface area contributed by atoms with Gasteiger partial charge in [-0.3, -0.25) is 10.1 Å². The second-order valence-electron chi connectivity index (χ2n) is 3.73. The number of fused-ring (bicyclic) bond motifs is 1. The van der Waals surface area contributed by atoms with E-state index in [1.54, 1.807) is 12.1 Å². The molecule has 0 atom stereocenters. The number of aryl methyl sites for hydroxylation is 1. The number of benzene rings is 1. The summed E-state index contributed by atoms with van der Waals surface area (Å²) in [4.78, 5) is 10.2. The molecular weight excluding hydrogens is 208 g/mol. The quantitative estimate of drug-likeness (QED) is 0.318. The first-order valence-corrected chi connectivity index (χ1v) is 4.78. The van der Waals surface area contributed by atoms with Gasteiger partial charge in [0.25, 0.3) is 5.69 Å². The predicted octanol–water partition coefficient (Wildman–Crippen LogP) is 2.00. The van der Waals surface area contributed by atoms with Crippen LogP contribution in [0.5, 0.6) is 0 Å². The van der Waals surface area contributed by atoms with Crippen LogP contribution < -0.4 is 4.73 Å². The Balaban J connectivity index is 2.88. The molecule has 0 amide bonds. The molecule has 0 spiro atoms. The molecule has 0 saturated carbocycles. The summed E-state index contributed by atoms with van der Waals surface area (Å²) in [6, 6.07) is 6.68. The van der Waals surface area contributed by atoms with Gasteiger partial charge >= 0.3 is 5.69 Å². The lowest BCUT2D eigenvalue weighted by atomic mass is 10.1. The molecule has 0 N–H and O–H groups in total. The highest BCUT2D eigenvalue weighted by atomic mass is 16.6. The maximum atomic E-state index is 11.8. The molecule has 0 aliphatic heterocycles. The van der Waals surface area contributed by atoms with Crippen molar-refractivity contribution < 1.29 is 9.65 Å². The molecule has 2 aromatic rings. The zero-order valence-corrected chi connectivity index (χ0v) is 8.93. The van der Waals surface area contributed by atoms with E-state index >= 15 is 0 Å². The number of hydrogen-bond donors (Lipinski definition) is 0. The number of rotatable bonds is 1. The van der Waals surface area contributed by atoms with Crippen molar-refractivity contribution in [3.8, 4) is 0 Å². The van der Waals surface area contributed by atoms with Crippen LogP contribution in [0.1, 0.15) is 11.3 Å². The number of hydrogen-bond acceptors (Lipinski definition) is 3. The van der Waals surface area contributed by atoms with Crippen molar-refractivity contribution in [3.63, 3.8) is 0 Å². The van der Waals surface area contributed by atoms with Gasteiger partial charge in [-0.2, -0.15) is 4.73 Å². The standard InChI is InChI=1S/C11H10N2O3/c1-7-3-4-9-6-10(13(15)16)8(2)12(14)11(9)5-7/h3-6H,1-2H3. The van der Waals surface area contributed by atoms with Crippen LogP contribution in [0, 0.1) is 29.2 Å². The van der Waals surface area contributed by atoms with Crippen LogP contribution in [0.3, 0.4) is 0 Å². The maximum absolute atomic E-state index is 11.8. The van der Waals surface area contributed by atoms with Crippen molar-refractivity contribution in [1.29, 1.82) is 0 Å². The van der Waals surface area contributed by atoms with E-state index < -0.39 is 4.92 Å². The van der Waals surface area contributed by atoms with Gasteiger partial charge in [0.05, 0.1) is 10.3 Å². The van der Waals surface area contributed by atoms with Gasteiger partial charge in [-0.05, 0) is 18.6 Å². The largest absolute Gasteiger partial charge is 0.618 e. The second-order valence-corrected chi connectivity index (χ2v) is 3.73. The van der Waals surface area contributed by atoms with Gasteiger partial charge in [-0.25, -0.2) is 0 Å². The summed E-state index contributed by atoms with van der Waals surface area (Å²) in [5.41, 5.74) is 1.38. The molecule has 5 nitrogen and oxygen atoms in total. The lowest BCUT2D eigenvalue weighted by Crippen LogP contribution is -2.31. The first-order chi connectivity index (χ1) is 7.50. The van der Waals surface area contributed by atoms with E-state index in [-0.39, 0.29) is 11.4 Å². The van der Waals surface area contributed by atoms with Crippen LogP contribution in [0.4, 0.5) is 5.69 Å². The molecule has 5 heteroatoms. The highest BCUT2D eigenvalue weighted by molar-refractivity contribution is 5.78. The Bertz CT molecular complexity index is 593. The molecule has 1 heterocycles. The fraction of sp³-hybridized carbons (Fsp3) is 0.182. The van der Waals surface area contributed by atoms with Crippen molar-refractivity contribution in [2.45, 2.75) is 13.8 Å². The van der Waals surface area contributed by atoms with Gasteiger partial charge in [0.1, 0.15) is 0 Å². The Morgan fingerprint density at radius 1 is 1.25 bits per heavy atom. The van der Waals surface area contributed by atoms with Crippen molar-refractivity contribution >= 4 is 16.6 Å². The molecule has 0 radical (unpaired) electrons. The van der Waals surface area contributed by atoms with Crippen LogP contribution in [0.15, 0.2) is 24.3 Å². The Hall–Kier alpha value is -2.17. The van der Waals surface area contributed by atoms with Crippen LogP contribution in [0.2, 0.25) is 0 Å². The molecule has 0 unspecified atom stereocenters. The third-order valence-electron chi connectivity index (χ3n) is 2.57. The van der Waals surface area contributed by atoms with Gasteiger partial charge in [0.2, 0.25) is 5.52 Å². The third-order valence-corrected chi connectivity index (χ3v) is 2.57. The zero-order chi connectivity index (χ0) is 11.9. The summed E-state index contributed by atoms with van der Waals surface area (Å²) in [7, 11) is 0. The maximum Gasteiger partial charge on any atom is 0.337 e. The summed E-state index contributed by atoms with van der Waals surface area (Å²) < 4.78 is 0.612. The zero-order valence-electron chi connectivity index (χ0n) is 8.93. The minimum Gasteiger partial charge on any atom is -0.618 e. The van der Waals surface area contributed by atoms with Crippen molar-refractivity contribution in [1.82, 2.24) is 0 Å². The topological polar surface area (TPSA) is 70.1 Å². The SMILES string of the molecule is Cc1ccc2cc([N+](=O)[O-])c(C)[n+]([O-])c2c1. The third kappa shape index (κ3) is 1.46. The molecule has 2 rings (SSSR count). The summed E-state index contributed by atoms with van der Waals surface area (Å²) in [5, 5.41) is 23.1. The Labute approximate surface area is 91.7 Å². The van der Waals surface area contributed by atoms with Crippen molar-refractivity contribution in [2.24, 2.45) is 0 Å². The normalized spacial score (nSPS) is 10.6. The smallest absolute Gasteiger partial charge is 0.337 e. The minimum absolute atomic E-state index is 0.114. The molecule has 0 fully saturated rings. The van der Waals surface area contributed by atoms with E-state index in [0.717, 1.165) is 5.56 Å². The number of pyridine rings is 1. The number of nitrogens with zero attached hydrogens (tertiary/aromatic N) is 2. The van der Waals surface area contributed by atoms with Gasteiger partial charge in [-0.15, -0.1) is 0 Å². The molecule has 1 aromatic heterocycles. The molecule has 82 valence electrons. The fourth-order valence-electron chi connectivity index (χ4n) is 1.67. The van der Waals surface area contributed by atoms with Gasteiger partial charge in [0, 0.05) is 19.1 Å².